The molecule has 0 spiro atoms. The van der Waals surface area contributed by atoms with Gasteiger partial charge in [-0.25, -0.2) is 8.78 Å². The van der Waals surface area contributed by atoms with Crippen molar-refractivity contribution in [1.82, 2.24) is 25.0 Å². The first-order chi connectivity index (χ1) is 16.0. The van der Waals surface area contributed by atoms with Crippen molar-refractivity contribution in [1.29, 1.82) is 0 Å². The number of amides is 1. The maximum absolute atomic E-state index is 13.2. The molecule has 4 heterocycles. The van der Waals surface area contributed by atoms with E-state index in [0.29, 0.717) is 0 Å². The van der Waals surface area contributed by atoms with Crippen molar-refractivity contribution in [3.63, 3.8) is 0 Å². The van der Waals surface area contributed by atoms with Crippen LogP contribution in [-0.2, 0) is 18.3 Å². The minimum atomic E-state index is -0.741. The van der Waals surface area contributed by atoms with Crippen LogP contribution in [0.1, 0.15) is 31.4 Å². The van der Waals surface area contributed by atoms with Gasteiger partial charge in [-0.05, 0) is 48.8 Å². The molecule has 33 heavy (non-hydrogen) atoms. The van der Waals surface area contributed by atoms with Crippen LogP contribution < -0.4 is 5.32 Å². The second-order valence-corrected chi connectivity index (χ2v) is 9.34. The number of carbonyl (C=O) groups is 1. The molecule has 5 rings (SSSR count). The Morgan fingerprint density at radius 2 is 1.85 bits per heavy atom. The van der Waals surface area contributed by atoms with Gasteiger partial charge in [-0.15, -0.1) is 0 Å². The van der Waals surface area contributed by atoms with Crippen molar-refractivity contribution in [2.75, 3.05) is 13.3 Å². The quantitative estimate of drug-likeness (QED) is 0.594. The molecule has 2 aliphatic heterocycles. The Morgan fingerprint density at radius 3 is 2.52 bits per heavy atom. The molecule has 2 aromatic heterocycles. The SMILES string of the molecule is Cn1cc(-c2ccc3cnc(CC(=O)N4[C@@H]5CC[C@H]4CC(NC(CF)CF)C5)cc3c2)cn1. The van der Waals surface area contributed by atoms with Crippen molar-refractivity contribution in [3.05, 3.63) is 48.5 Å². The summed E-state index contributed by atoms with van der Waals surface area (Å²) in [5.74, 6) is 0.0868. The molecule has 0 saturated carbocycles. The van der Waals surface area contributed by atoms with Gasteiger partial charge in [-0.3, -0.25) is 14.5 Å². The number of alkyl halides is 2. The summed E-state index contributed by atoms with van der Waals surface area (Å²) in [4.78, 5) is 19.8. The Bertz CT molecular complexity index is 1130. The van der Waals surface area contributed by atoms with Crippen LogP contribution in [0.5, 0.6) is 0 Å². The molecule has 3 aromatic rings. The Kier molecular flexibility index (Phi) is 6.10. The van der Waals surface area contributed by atoms with Crippen LogP contribution in [0.15, 0.2) is 42.9 Å². The number of benzene rings is 1. The molecule has 2 aliphatic rings. The molecule has 1 aromatic carbocycles. The number of aryl methyl sites for hydroxylation is 1. The lowest BCUT2D eigenvalue weighted by atomic mass is 9.96. The van der Waals surface area contributed by atoms with E-state index in [-0.39, 0.29) is 30.5 Å². The zero-order valence-corrected chi connectivity index (χ0v) is 18.8. The standard InChI is InChI=1S/C25H29F2N5O/c1-31-15-19(14-29-31)16-2-3-17-13-28-20(7-18(17)6-16)10-25(33)32-23-4-5-24(32)9-21(8-23)30-22(11-26)12-27/h2-3,6-7,13-15,21-24,30H,4-5,8-12H2,1H3/t21?,23-,24+. The monoisotopic (exact) mass is 453 g/mol. The Hall–Kier alpha value is -2.87. The van der Waals surface area contributed by atoms with Crippen molar-refractivity contribution < 1.29 is 13.6 Å². The van der Waals surface area contributed by atoms with Gasteiger partial charge in [0.05, 0.1) is 24.4 Å². The van der Waals surface area contributed by atoms with Gasteiger partial charge in [-0.1, -0.05) is 12.1 Å². The van der Waals surface area contributed by atoms with Crippen molar-refractivity contribution in [2.45, 2.75) is 56.3 Å². The van der Waals surface area contributed by atoms with Gasteiger partial charge in [0.25, 0.3) is 0 Å². The van der Waals surface area contributed by atoms with Gasteiger partial charge >= 0.3 is 0 Å². The molecular formula is C25H29F2N5O. The van der Waals surface area contributed by atoms with Gasteiger partial charge < -0.3 is 10.2 Å². The van der Waals surface area contributed by atoms with E-state index in [1.54, 1.807) is 4.68 Å². The Balaban J connectivity index is 1.29. The van der Waals surface area contributed by atoms with E-state index >= 15 is 0 Å². The summed E-state index contributed by atoms with van der Waals surface area (Å²) in [5, 5.41) is 9.42. The molecule has 2 bridgehead atoms. The van der Waals surface area contributed by atoms with Gasteiger partial charge in [0, 0.05) is 48.5 Å². The maximum atomic E-state index is 13.2. The number of rotatable bonds is 7. The molecular weight excluding hydrogens is 424 g/mol. The molecule has 3 atom stereocenters. The molecule has 6 nitrogen and oxygen atoms in total. The molecule has 8 heteroatoms. The highest BCUT2D eigenvalue weighted by atomic mass is 19.1. The maximum Gasteiger partial charge on any atom is 0.229 e. The predicted octanol–water partition coefficient (Wildman–Crippen LogP) is 3.60. The van der Waals surface area contributed by atoms with Crippen LogP contribution in [-0.4, -0.2) is 63.1 Å². The third kappa shape index (κ3) is 4.49. The van der Waals surface area contributed by atoms with E-state index in [4.69, 9.17) is 0 Å². The molecule has 2 saturated heterocycles. The number of piperidine rings is 1. The lowest BCUT2D eigenvalue weighted by Crippen LogP contribution is -2.54. The van der Waals surface area contributed by atoms with E-state index in [9.17, 15) is 13.6 Å². The predicted molar refractivity (Wildman–Crippen MR) is 123 cm³/mol. The number of fused-ring (bicyclic) bond motifs is 3. The average molecular weight is 454 g/mol. The van der Waals surface area contributed by atoms with E-state index < -0.39 is 19.4 Å². The van der Waals surface area contributed by atoms with Crippen molar-refractivity contribution >= 4 is 16.7 Å². The van der Waals surface area contributed by atoms with Crippen LogP contribution in [0.3, 0.4) is 0 Å². The highest BCUT2D eigenvalue weighted by Gasteiger charge is 2.43. The van der Waals surface area contributed by atoms with Gasteiger partial charge in [0.15, 0.2) is 0 Å². The highest BCUT2D eigenvalue weighted by Crippen LogP contribution is 2.36. The van der Waals surface area contributed by atoms with Gasteiger partial charge in [0.2, 0.25) is 5.91 Å². The van der Waals surface area contributed by atoms with Gasteiger partial charge in [0.1, 0.15) is 13.3 Å². The van der Waals surface area contributed by atoms with Crippen LogP contribution in [0.25, 0.3) is 21.9 Å². The number of nitrogens with one attached hydrogen (secondary N) is 1. The number of hydrogen-bond acceptors (Lipinski definition) is 4. The second-order valence-electron chi connectivity index (χ2n) is 9.34. The normalized spacial score (nSPS) is 22.4. The second kappa shape index (κ2) is 9.17. The van der Waals surface area contributed by atoms with Crippen molar-refractivity contribution in [2.24, 2.45) is 7.05 Å². The van der Waals surface area contributed by atoms with E-state index in [1.807, 2.05) is 42.7 Å². The topological polar surface area (TPSA) is 63.1 Å². The van der Waals surface area contributed by atoms with E-state index in [0.717, 1.165) is 53.3 Å². The zero-order valence-electron chi connectivity index (χ0n) is 18.8. The van der Waals surface area contributed by atoms with Crippen LogP contribution >= 0.6 is 0 Å². The van der Waals surface area contributed by atoms with Crippen molar-refractivity contribution in [3.8, 4) is 11.1 Å². The Labute approximate surface area is 192 Å². The van der Waals surface area contributed by atoms with Crippen LogP contribution in [0.2, 0.25) is 0 Å². The van der Waals surface area contributed by atoms with Crippen LogP contribution in [0.4, 0.5) is 8.78 Å². The highest BCUT2D eigenvalue weighted by molar-refractivity contribution is 5.88. The fraction of sp³-hybridized carbons (Fsp3) is 0.480. The molecule has 1 amide bonds. The molecule has 0 aliphatic carbocycles. The van der Waals surface area contributed by atoms with E-state index in [2.05, 4.69) is 27.5 Å². The lowest BCUT2D eigenvalue weighted by molar-refractivity contribution is -0.135. The number of nitrogens with zero attached hydrogens (tertiary/aromatic N) is 4. The fourth-order valence-electron chi connectivity index (χ4n) is 5.46. The third-order valence-corrected chi connectivity index (χ3v) is 7.01. The lowest BCUT2D eigenvalue weighted by Gasteiger charge is -2.40. The minimum Gasteiger partial charge on any atom is -0.336 e. The smallest absolute Gasteiger partial charge is 0.229 e. The first-order valence-electron chi connectivity index (χ1n) is 11.6. The number of halogens is 2. The summed E-state index contributed by atoms with van der Waals surface area (Å²) in [7, 11) is 1.89. The summed E-state index contributed by atoms with van der Waals surface area (Å²) < 4.78 is 27.6. The van der Waals surface area contributed by atoms with E-state index in [1.165, 1.54) is 0 Å². The molecule has 1 N–H and O–H groups in total. The minimum absolute atomic E-state index is 0.0627. The fourth-order valence-corrected chi connectivity index (χ4v) is 5.46. The largest absolute Gasteiger partial charge is 0.336 e. The number of aromatic nitrogens is 3. The number of pyridine rings is 1. The zero-order chi connectivity index (χ0) is 22.9. The summed E-state index contributed by atoms with van der Waals surface area (Å²) in [6.45, 7) is -1.41. The summed E-state index contributed by atoms with van der Waals surface area (Å²) in [6, 6.07) is 7.78. The average Bonchev–Trinajstić information content (AvgIpc) is 3.37. The number of carbonyl (C=O) groups excluding carboxylic acids is 1. The first-order valence-corrected chi connectivity index (χ1v) is 11.6. The molecule has 2 fully saturated rings. The van der Waals surface area contributed by atoms with Crippen LogP contribution in [0, 0.1) is 0 Å². The summed E-state index contributed by atoms with van der Waals surface area (Å²) >= 11 is 0. The first kappa shape index (κ1) is 21.9. The van der Waals surface area contributed by atoms with Gasteiger partial charge in [-0.2, -0.15) is 5.10 Å². The summed E-state index contributed by atoms with van der Waals surface area (Å²) in [6.07, 6.45) is 9.29. The third-order valence-electron chi connectivity index (χ3n) is 7.01. The summed E-state index contributed by atoms with van der Waals surface area (Å²) in [5.41, 5.74) is 2.88. The molecule has 174 valence electrons. The molecule has 1 unspecified atom stereocenters. The number of hydrogen-bond donors (Lipinski definition) is 1. The Morgan fingerprint density at radius 1 is 1.09 bits per heavy atom. The molecule has 0 radical (unpaired) electrons.